The number of amides is 1. The lowest BCUT2D eigenvalue weighted by Gasteiger charge is -2.52. The third-order valence-electron chi connectivity index (χ3n) is 6.92. The van der Waals surface area contributed by atoms with E-state index in [-0.39, 0.29) is 23.8 Å². The summed E-state index contributed by atoms with van der Waals surface area (Å²) in [5.41, 5.74) is 1.42. The standard InChI is InChI=1S/C25H31NO2/c1-19(20-10-4-2-5-11-20)18-24(27)26-17-16-25(28,21-12-6-3-7-13-21)22-14-8-9-15-23(22)26/h2-7,10-13,19,22-23,28H,8-9,14-18H2,1H3/t19?,22-,23-,25?/m0/s1. The summed E-state index contributed by atoms with van der Waals surface area (Å²) in [4.78, 5) is 15.3. The molecule has 28 heavy (non-hydrogen) atoms. The van der Waals surface area contributed by atoms with Gasteiger partial charge in [-0.15, -0.1) is 0 Å². The third kappa shape index (κ3) is 3.60. The smallest absolute Gasteiger partial charge is 0.223 e. The van der Waals surface area contributed by atoms with Gasteiger partial charge in [-0.25, -0.2) is 0 Å². The summed E-state index contributed by atoms with van der Waals surface area (Å²) in [5, 5.41) is 11.7. The van der Waals surface area contributed by atoms with Crippen molar-refractivity contribution >= 4 is 5.91 Å². The topological polar surface area (TPSA) is 40.5 Å². The average molecular weight is 378 g/mol. The second-order valence-electron chi connectivity index (χ2n) is 8.60. The first-order chi connectivity index (χ1) is 13.6. The van der Waals surface area contributed by atoms with Gasteiger partial charge >= 0.3 is 0 Å². The summed E-state index contributed by atoms with van der Waals surface area (Å²) in [6, 6.07) is 20.5. The molecule has 1 saturated carbocycles. The van der Waals surface area contributed by atoms with E-state index in [1.807, 2.05) is 48.5 Å². The molecule has 2 unspecified atom stereocenters. The summed E-state index contributed by atoms with van der Waals surface area (Å²) in [6.07, 6.45) is 5.45. The Labute approximate surface area is 168 Å². The van der Waals surface area contributed by atoms with Crippen LogP contribution in [0, 0.1) is 5.92 Å². The van der Waals surface area contributed by atoms with Gasteiger partial charge in [0.2, 0.25) is 5.91 Å². The Morgan fingerprint density at radius 1 is 1.07 bits per heavy atom. The molecular formula is C25H31NO2. The molecule has 3 heteroatoms. The zero-order valence-corrected chi connectivity index (χ0v) is 16.8. The fourth-order valence-corrected chi connectivity index (χ4v) is 5.36. The van der Waals surface area contributed by atoms with E-state index >= 15 is 0 Å². The maximum Gasteiger partial charge on any atom is 0.223 e. The molecule has 0 spiro atoms. The Morgan fingerprint density at radius 2 is 1.71 bits per heavy atom. The normalized spacial score (nSPS) is 28.4. The molecule has 0 radical (unpaired) electrons. The van der Waals surface area contributed by atoms with E-state index < -0.39 is 5.60 Å². The molecule has 1 heterocycles. The molecule has 1 saturated heterocycles. The molecule has 2 fully saturated rings. The number of carbonyl (C=O) groups is 1. The molecule has 1 aliphatic heterocycles. The van der Waals surface area contributed by atoms with E-state index in [0.29, 0.717) is 19.4 Å². The predicted molar refractivity (Wildman–Crippen MR) is 112 cm³/mol. The third-order valence-corrected chi connectivity index (χ3v) is 6.92. The van der Waals surface area contributed by atoms with Crippen LogP contribution in [0.4, 0.5) is 0 Å². The summed E-state index contributed by atoms with van der Waals surface area (Å²) in [7, 11) is 0. The van der Waals surface area contributed by atoms with Crippen molar-refractivity contribution in [3.8, 4) is 0 Å². The van der Waals surface area contributed by atoms with Crippen molar-refractivity contribution in [2.24, 2.45) is 5.92 Å². The maximum atomic E-state index is 13.2. The molecule has 4 rings (SSSR count). The predicted octanol–water partition coefficient (Wildman–Crippen LogP) is 4.86. The van der Waals surface area contributed by atoms with Crippen molar-refractivity contribution in [1.82, 2.24) is 4.90 Å². The second-order valence-corrected chi connectivity index (χ2v) is 8.60. The monoisotopic (exact) mass is 377 g/mol. The molecule has 2 aromatic rings. The van der Waals surface area contributed by atoms with Gasteiger partial charge in [0.25, 0.3) is 0 Å². The molecule has 0 bridgehead atoms. The first-order valence-electron chi connectivity index (χ1n) is 10.7. The summed E-state index contributed by atoms with van der Waals surface area (Å²) in [5.74, 6) is 0.586. The van der Waals surface area contributed by atoms with E-state index in [9.17, 15) is 9.90 Å². The highest BCUT2D eigenvalue weighted by atomic mass is 16.3. The lowest BCUT2D eigenvalue weighted by atomic mass is 9.66. The van der Waals surface area contributed by atoms with Gasteiger partial charge in [0.1, 0.15) is 0 Å². The molecule has 2 aliphatic rings. The van der Waals surface area contributed by atoms with Crippen molar-refractivity contribution in [3.05, 3.63) is 71.8 Å². The lowest BCUT2D eigenvalue weighted by Crippen LogP contribution is -2.59. The molecule has 4 atom stereocenters. The number of aliphatic hydroxyl groups is 1. The van der Waals surface area contributed by atoms with Gasteiger partial charge in [0.05, 0.1) is 5.60 Å². The van der Waals surface area contributed by atoms with Gasteiger partial charge in [-0.3, -0.25) is 4.79 Å². The first-order valence-corrected chi connectivity index (χ1v) is 10.7. The van der Waals surface area contributed by atoms with Crippen molar-refractivity contribution < 1.29 is 9.90 Å². The van der Waals surface area contributed by atoms with E-state index in [1.54, 1.807) is 0 Å². The summed E-state index contributed by atoms with van der Waals surface area (Å²) in [6.45, 7) is 2.78. The highest BCUT2D eigenvalue weighted by Gasteiger charge is 2.50. The van der Waals surface area contributed by atoms with Crippen LogP contribution in [0.5, 0.6) is 0 Å². The van der Waals surface area contributed by atoms with Crippen molar-refractivity contribution in [3.63, 3.8) is 0 Å². The number of fused-ring (bicyclic) bond motifs is 1. The Balaban J connectivity index is 1.53. The van der Waals surface area contributed by atoms with Crippen LogP contribution in [0.15, 0.2) is 60.7 Å². The minimum absolute atomic E-state index is 0.133. The minimum atomic E-state index is -0.811. The SMILES string of the molecule is CC(CC(=O)N1CCC(O)(c2ccccc2)[C@H]2CCCC[C@@H]21)c1ccccc1. The van der Waals surface area contributed by atoms with Gasteiger partial charge in [0.15, 0.2) is 0 Å². The molecule has 1 amide bonds. The Bertz CT molecular complexity index is 791. The van der Waals surface area contributed by atoms with Crippen molar-refractivity contribution in [2.45, 2.75) is 63.0 Å². The molecule has 148 valence electrons. The summed E-state index contributed by atoms with van der Waals surface area (Å²) >= 11 is 0. The van der Waals surface area contributed by atoms with Crippen LogP contribution < -0.4 is 0 Å². The van der Waals surface area contributed by atoms with E-state index in [1.165, 1.54) is 5.56 Å². The molecule has 1 aliphatic carbocycles. The zero-order chi connectivity index (χ0) is 19.6. The van der Waals surface area contributed by atoms with Gasteiger partial charge in [-0.05, 0) is 36.3 Å². The Hall–Kier alpha value is -2.13. The molecule has 1 N–H and O–H groups in total. The lowest BCUT2D eigenvalue weighted by molar-refractivity contribution is -0.155. The van der Waals surface area contributed by atoms with Gasteiger partial charge in [0, 0.05) is 24.9 Å². The van der Waals surface area contributed by atoms with Crippen LogP contribution in [0.25, 0.3) is 0 Å². The van der Waals surface area contributed by atoms with Crippen LogP contribution in [-0.4, -0.2) is 28.5 Å². The fourth-order valence-electron chi connectivity index (χ4n) is 5.36. The molecule has 0 aromatic heterocycles. The van der Waals surface area contributed by atoms with E-state index in [0.717, 1.165) is 31.2 Å². The quantitative estimate of drug-likeness (QED) is 0.827. The van der Waals surface area contributed by atoms with Gasteiger partial charge in [-0.1, -0.05) is 80.4 Å². The number of benzene rings is 2. The second kappa shape index (κ2) is 8.08. The number of hydrogen-bond donors (Lipinski definition) is 1. The molecule has 3 nitrogen and oxygen atoms in total. The average Bonchev–Trinajstić information content (AvgIpc) is 2.75. The highest BCUT2D eigenvalue weighted by molar-refractivity contribution is 5.77. The maximum absolute atomic E-state index is 13.2. The van der Waals surface area contributed by atoms with Crippen molar-refractivity contribution in [1.29, 1.82) is 0 Å². The fraction of sp³-hybridized carbons (Fsp3) is 0.480. The minimum Gasteiger partial charge on any atom is -0.385 e. The summed E-state index contributed by atoms with van der Waals surface area (Å²) < 4.78 is 0. The van der Waals surface area contributed by atoms with Gasteiger partial charge in [-0.2, -0.15) is 0 Å². The molecular weight excluding hydrogens is 346 g/mol. The number of piperidine rings is 1. The highest BCUT2D eigenvalue weighted by Crippen LogP contribution is 2.47. The van der Waals surface area contributed by atoms with Crippen LogP contribution in [0.3, 0.4) is 0 Å². The van der Waals surface area contributed by atoms with Crippen LogP contribution in [-0.2, 0) is 10.4 Å². The van der Waals surface area contributed by atoms with E-state index in [4.69, 9.17) is 0 Å². The number of carbonyl (C=O) groups excluding carboxylic acids is 1. The Morgan fingerprint density at radius 3 is 2.43 bits per heavy atom. The Kier molecular flexibility index (Phi) is 5.54. The largest absolute Gasteiger partial charge is 0.385 e. The first kappa shape index (κ1) is 19.2. The molecule has 2 aromatic carbocycles. The van der Waals surface area contributed by atoms with Crippen LogP contribution in [0.2, 0.25) is 0 Å². The zero-order valence-electron chi connectivity index (χ0n) is 16.8. The van der Waals surface area contributed by atoms with E-state index in [2.05, 4.69) is 24.0 Å². The number of hydrogen-bond acceptors (Lipinski definition) is 2. The van der Waals surface area contributed by atoms with Gasteiger partial charge < -0.3 is 10.0 Å². The number of likely N-dealkylation sites (tertiary alicyclic amines) is 1. The van der Waals surface area contributed by atoms with Crippen molar-refractivity contribution in [2.75, 3.05) is 6.54 Å². The number of nitrogens with zero attached hydrogens (tertiary/aromatic N) is 1. The number of rotatable bonds is 4. The van der Waals surface area contributed by atoms with Crippen LogP contribution >= 0.6 is 0 Å². The van der Waals surface area contributed by atoms with Crippen LogP contribution in [0.1, 0.15) is 62.5 Å².